The summed E-state index contributed by atoms with van der Waals surface area (Å²) in [5.74, 6) is 0.267. The van der Waals surface area contributed by atoms with Crippen molar-refractivity contribution in [1.29, 1.82) is 0 Å². The van der Waals surface area contributed by atoms with Gasteiger partial charge in [0.2, 0.25) is 0 Å². The fraction of sp³-hybridized carbons (Fsp3) is 0.467. The van der Waals surface area contributed by atoms with Gasteiger partial charge in [-0.15, -0.1) is 0 Å². The van der Waals surface area contributed by atoms with Gasteiger partial charge >= 0.3 is 5.97 Å². The summed E-state index contributed by atoms with van der Waals surface area (Å²) in [6.07, 6.45) is 1.00. The van der Waals surface area contributed by atoms with Crippen LogP contribution in [0.3, 0.4) is 0 Å². The molecule has 1 N–H and O–H groups in total. The summed E-state index contributed by atoms with van der Waals surface area (Å²) in [5.41, 5.74) is 2.66. The first-order chi connectivity index (χ1) is 8.85. The molecular formula is C15H20N2O2. The number of hydrogen-bond acceptors (Lipinski definition) is 2. The molecule has 2 aromatic rings. The van der Waals surface area contributed by atoms with Crippen molar-refractivity contribution < 1.29 is 9.90 Å². The second-order valence-corrected chi connectivity index (χ2v) is 5.60. The third-order valence-electron chi connectivity index (χ3n) is 3.66. The van der Waals surface area contributed by atoms with Gasteiger partial charge in [-0.2, -0.15) is 0 Å². The standard InChI is InChI=1S/C15H20N2O2/c1-5-13-16-11-8-10(6-7-12(11)17(13)4)15(2,3)9-14(18)19/h6-8H,5,9H2,1-4H3,(H,18,19). The molecule has 1 aromatic heterocycles. The van der Waals surface area contributed by atoms with Crippen LogP contribution >= 0.6 is 0 Å². The third-order valence-corrected chi connectivity index (χ3v) is 3.66. The van der Waals surface area contributed by atoms with Gasteiger partial charge in [0.15, 0.2) is 0 Å². The Labute approximate surface area is 113 Å². The average molecular weight is 260 g/mol. The van der Waals surface area contributed by atoms with Crippen molar-refractivity contribution in [3.63, 3.8) is 0 Å². The van der Waals surface area contributed by atoms with Crippen molar-refractivity contribution in [3.05, 3.63) is 29.6 Å². The van der Waals surface area contributed by atoms with E-state index in [0.29, 0.717) is 0 Å². The van der Waals surface area contributed by atoms with Crippen molar-refractivity contribution in [2.24, 2.45) is 7.05 Å². The lowest BCUT2D eigenvalue weighted by atomic mass is 9.81. The fourth-order valence-corrected chi connectivity index (χ4v) is 2.47. The molecule has 2 rings (SSSR count). The molecular weight excluding hydrogens is 240 g/mol. The number of carboxylic acid groups (broad SMARTS) is 1. The predicted octanol–water partition coefficient (Wildman–Crippen LogP) is 2.89. The van der Waals surface area contributed by atoms with Gasteiger partial charge in [-0.3, -0.25) is 4.79 Å². The minimum Gasteiger partial charge on any atom is -0.481 e. The highest BCUT2D eigenvalue weighted by Crippen LogP contribution is 2.29. The van der Waals surface area contributed by atoms with Gasteiger partial charge in [-0.05, 0) is 17.7 Å². The predicted molar refractivity (Wildman–Crippen MR) is 75.4 cm³/mol. The number of carbonyl (C=O) groups is 1. The monoisotopic (exact) mass is 260 g/mol. The van der Waals surface area contributed by atoms with Crippen LogP contribution in [0.25, 0.3) is 11.0 Å². The molecule has 0 fully saturated rings. The average Bonchev–Trinajstić information content (AvgIpc) is 2.64. The minimum absolute atomic E-state index is 0.117. The first-order valence-corrected chi connectivity index (χ1v) is 6.53. The number of imidazole rings is 1. The number of aryl methyl sites for hydroxylation is 2. The van der Waals surface area contributed by atoms with Crippen LogP contribution in [-0.2, 0) is 23.7 Å². The largest absolute Gasteiger partial charge is 0.481 e. The molecule has 0 aliphatic carbocycles. The number of carboxylic acids is 1. The highest BCUT2D eigenvalue weighted by molar-refractivity contribution is 5.78. The van der Waals surface area contributed by atoms with E-state index in [1.807, 2.05) is 39.1 Å². The molecule has 0 bridgehead atoms. The van der Waals surface area contributed by atoms with E-state index in [2.05, 4.69) is 16.5 Å². The molecule has 0 radical (unpaired) electrons. The zero-order chi connectivity index (χ0) is 14.2. The van der Waals surface area contributed by atoms with Crippen LogP contribution in [0.2, 0.25) is 0 Å². The fourth-order valence-electron chi connectivity index (χ4n) is 2.47. The van der Waals surface area contributed by atoms with E-state index in [1.165, 1.54) is 0 Å². The molecule has 0 aliphatic rings. The summed E-state index contributed by atoms with van der Waals surface area (Å²) in [6, 6.07) is 6.05. The molecule has 0 unspecified atom stereocenters. The summed E-state index contributed by atoms with van der Waals surface area (Å²) in [5, 5.41) is 8.99. The van der Waals surface area contributed by atoms with Gasteiger partial charge in [0.05, 0.1) is 17.5 Å². The smallest absolute Gasteiger partial charge is 0.304 e. The maximum atomic E-state index is 10.9. The van der Waals surface area contributed by atoms with Crippen LogP contribution in [0, 0.1) is 0 Å². The van der Waals surface area contributed by atoms with Crippen LogP contribution in [0.15, 0.2) is 18.2 Å². The van der Waals surface area contributed by atoms with Crippen molar-refractivity contribution in [2.45, 2.75) is 39.0 Å². The number of nitrogens with zero attached hydrogens (tertiary/aromatic N) is 2. The zero-order valence-electron chi connectivity index (χ0n) is 11.9. The Morgan fingerprint density at radius 3 is 2.68 bits per heavy atom. The van der Waals surface area contributed by atoms with Crippen LogP contribution in [0.1, 0.15) is 38.6 Å². The van der Waals surface area contributed by atoms with Gasteiger partial charge in [-0.1, -0.05) is 26.8 Å². The third kappa shape index (κ3) is 2.48. The van der Waals surface area contributed by atoms with E-state index in [4.69, 9.17) is 5.11 Å². The first-order valence-electron chi connectivity index (χ1n) is 6.53. The number of aromatic nitrogens is 2. The van der Waals surface area contributed by atoms with Gasteiger partial charge in [0, 0.05) is 18.9 Å². The molecule has 0 aliphatic heterocycles. The highest BCUT2D eigenvalue weighted by atomic mass is 16.4. The summed E-state index contributed by atoms with van der Waals surface area (Å²) in [6.45, 7) is 5.98. The summed E-state index contributed by atoms with van der Waals surface area (Å²) in [4.78, 5) is 15.5. The summed E-state index contributed by atoms with van der Waals surface area (Å²) in [7, 11) is 2.01. The van der Waals surface area contributed by atoms with E-state index >= 15 is 0 Å². The molecule has 19 heavy (non-hydrogen) atoms. The van der Waals surface area contributed by atoms with Crippen molar-refractivity contribution in [1.82, 2.24) is 9.55 Å². The topological polar surface area (TPSA) is 55.1 Å². The van der Waals surface area contributed by atoms with Crippen LogP contribution in [0.5, 0.6) is 0 Å². The maximum Gasteiger partial charge on any atom is 0.304 e. The maximum absolute atomic E-state index is 10.9. The van der Waals surface area contributed by atoms with Gasteiger partial charge < -0.3 is 9.67 Å². The number of rotatable bonds is 4. The van der Waals surface area contributed by atoms with Crippen LogP contribution in [-0.4, -0.2) is 20.6 Å². The quantitative estimate of drug-likeness (QED) is 0.919. The minimum atomic E-state index is -0.777. The van der Waals surface area contributed by atoms with Gasteiger partial charge in [-0.25, -0.2) is 4.98 Å². The second kappa shape index (κ2) is 4.68. The molecule has 102 valence electrons. The first kappa shape index (κ1) is 13.6. The van der Waals surface area contributed by atoms with Crippen LogP contribution in [0.4, 0.5) is 0 Å². The molecule has 1 aromatic carbocycles. The second-order valence-electron chi connectivity index (χ2n) is 5.60. The normalized spacial score (nSPS) is 12.0. The Hall–Kier alpha value is -1.84. The number of benzene rings is 1. The molecule has 0 saturated heterocycles. The lowest BCUT2D eigenvalue weighted by Gasteiger charge is -2.23. The SMILES string of the molecule is CCc1nc2cc(C(C)(C)CC(=O)O)ccc2n1C. The Bertz CT molecular complexity index is 626. The number of fused-ring (bicyclic) bond motifs is 1. The lowest BCUT2D eigenvalue weighted by Crippen LogP contribution is -2.21. The van der Waals surface area contributed by atoms with E-state index in [-0.39, 0.29) is 11.8 Å². The molecule has 1 heterocycles. The molecule has 0 spiro atoms. The summed E-state index contributed by atoms with van der Waals surface area (Å²) >= 11 is 0. The Balaban J connectivity index is 2.50. The number of aliphatic carboxylic acids is 1. The highest BCUT2D eigenvalue weighted by Gasteiger charge is 2.24. The van der Waals surface area contributed by atoms with Crippen LogP contribution < -0.4 is 0 Å². The van der Waals surface area contributed by atoms with Crippen molar-refractivity contribution >= 4 is 17.0 Å². The van der Waals surface area contributed by atoms with Crippen molar-refractivity contribution in [2.75, 3.05) is 0 Å². The molecule has 0 atom stereocenters. The molecule has 4 heteroatoms. The van der Waals surface area contributed by atoms with Gasteiger partial charge in [0.25, 0.3) is 0 Å². The molecule has 4 nitrogen and oxygen atoms in total. The molecule has 0 saturated carbocycles. The summed E-state index contributed by atoms with van der Waals surface area (Å²) < 4.78 is 2.09. The van der Waals surface area contributed by atoms with Gasteiger partial charge in [0.1, 0.15) is 5.82 Å². The Kier molecular flexibility index (Phi) is 3.35. The zero-order valence-corrected chi connectivity index (χ0v) is 11.9. The Morgan fingerprint density at radius 1 is 1.42 bits per heavy atom. The Morgan fingerprint density at radius 2 is 2.11 bits per heavy atom. The molecule has 0 amide bonds. The lowest BCUT2D eigenvalue weighted by molar-refractivity contribution is -0.138. The number of hydrogen-bond donors (Lipinski definition) is 1. The van der Waals surface area contributed by atoms with E-state index in [0.717, 1.165) is 28.8 Å². The van der Waals surface area contributed by atoms with E-state index < -0.39 is 5.97 Å². The van der Waals surface area contributed by atoms with E-state index in [9.17, 15) is 4.79 Å². The van der Waals surface area contributed by atoms with E-state index in [1.54, 1.807) is 0 Å². The van der Waals surface area contributed by atoms with Crippen molar-refractivity contribution in [3.8, 4) is 0 Å².